The van der Waals surface area contributed by atoms with Gasteiger partial charge in [0.2, 0.25) is 21.8 Å². The zero-order chi connectivity index (χ0) is 25.5. The molecule has 0 aliphatic carbocycles. The van der Waals surface area contributed by atoms with E-state index < -0.39 is 21.9 Å². The largest absolute Gasteiger partial charge is 0.352 e. The Morgan fingerprint density at radius 2 is 1.62 bits per heavy atom. The van der Waals surface area contributed by atoms with Crippen molar-refractivity contribution >= 4 is 43.5 Å². The van der Waals surface area contributed by atoms with Crippen molar-refractivity contribution in [1.29, 1.82) is 0 Å². The highest BCUT2D eigenvalue weighted by atomic mass is 79.9. The van der Waals surface area contributed by atoms with E-state index in [-0.39, 0.29) is 43.8 Å². The molecular formula is C24H31BrFN3O4S. The number of nitrogens with zero attached hydrogens (tertiary/aromatic N) is 2. The molecule has 1 atom stereocenters. The summed E-state index contributed by atoms with van der Waals surface area (Å²) in [6.07, 6.45) is 1.35. The molecule has 2 amide bonds. The first kappa shape index (κ1) is 27.8. The van der Waals surface area contributed by atoms with E-state index in [1.54, 1.807) is 6.92 Å². The zero-order valence-corrected chi connectivity index (χ0v) is 22.2. The molecule has 7 nitrogen and oxygen atoms in total. The van der Waals surface area contributed by atoms with Crippen LogP contribution in [0.25, 0.3) is 0 Å². The van der Waals surface area contributed by atoms with E-state index in [0.717, 1.165) is 20.6 Å². The predicted molar refractivity (Wildman–Crippen MR) is 135 cm³/mol. The summed E-state index contributed by atoms with van der Waals surface area (Å²) in [6, 6.07) is 11.8. The fourth-order valence-electron chi connectivity index (χ4n) is 3.39. The van der Waals surface area contributed by atoms with E-state index >= 15 is 0 Å². The van der Waals surface area contributed by atoms with Gasteiger partial charge in [0, 0.05) is 30.0 Å². The number of sulfonamides is 1. The highest BCUT2D eigenvalue weighted by Crippen LogP contribution is 2.20. The van der Waals surface area contributed by atoms with Gasteiger partial charge in [0.15, 0.2) is 0 Å². The van der Waals surface area contributed by atoms with Crippen molar-refractivity contribution in [3.8, 4) is 0 Å². The lowest BCUT2D eigenvalue weighted by Gasteiger charge is -2.30. The number of carbonyl (C=O) groups is 2. The van der Waals surface area contributed by atoms with Gasteiger partial charge in [0.25, 0.3) is 0 Å². The van der Waals surface area contributed by atoms with Crippen LogP contribution < -0.4 is 9.62 Å². The lowest BCUT2D eigenvalue weighted by Crippen LogP contribution is -2.49. The topological polar surface area (TPSA) is 86.8 Å². The van der Waals surface area contributed by atoms with Crippen LogP contribution in [0.3, 0.4) is 0 Å². The SMILES string of the molecule is CC(C)NC(=O)C(C)N(Cc1ccc(Br)cc1)C(=O)CCCN(c1ccc(F)cc1)S(C)(=O)=O. The molecule has 0 fully saturated rings. The van der Waals surface area contributed by atoms with Crippen molar-refractivity contribution in [2.24, 2.45) is 0 Å². The molecule has 1 N–H and O–H groups in total. The van der Waals surface area contributed by atoms with Crippen LogP contribution in [0.5, 0.6) is 0 Å². The Balaban J connectivity index is 2.15. The van der Waals surface area contributed by atoms with Crippen molar-refractivity contribution in [2.45, 2.75) is 52.2 Å². The number of anilines is 1. The third-order valence-corrected chi connectivity index (χ3v) is 6.85. The van der Waals surface area contributed by atoms with Crippen molar-refractivity contribution in [3.63, 3.8) is 0 Å². The molecule has 1 unspecified atom stereocenters. The molecule has 2 aromatic rings. The van der Waals surface area contributed by atoms with Gasteiger partial charge in [-0.25, -0.2) is 12.8 Å². The minimum Gasteiger partial charge on any atom is -0.352 e. The van der Waals surface area contributed by atoms with Crippen molar-refractivity contribution in [3.05, 3.63) is 64.4 Å². The zero-order valence-electron chi connectivity index (χ0n) is 19.8. The number of rotatable bonds is 11. The van der Waals surface area contributed by atoms with E-state index in [0.29, 0.717) is 5.69 Å². The molecule has 0 saturated carbocycles. The van der Waals surface area contributed by atoms with Crippen LogP contribution in [0.15, 0.2) is 53.0 Å². The second kappa shape index (κ2) is 12.3. The summed E-state index contributed by atoms with van der Waals surface area (Å²) in [5, 5.41) is 2.83. The van der Waals surface area contributed by atoms with Gasteiger partial charge >= 0.3 is 0 Å². The second-order valence-corrected chi connectivity index (χ2v) is 11.2. The summed E-state index contributed by atoms with van der Waals surface area (Å²) in [6.45, 7) is 5.67. The first-order valence-corrected chi connectivity index (χ1v) is 13.6. The van der Waals surface area contributed by atoms with E-state index in [1.165, 1.54) is 29.2 Å². The van der Waals surface area contributed by atoms with Crippen LogP contribution in [0.4, 0.5) is 10.1 Å². The summed E-state index contributed by atoms with van der Waals surface area (Å²) >= 11 is 3.39. The second-order valence-electron chi connectivity index (χ2n) is 8.40. The van der Waals surface area contributed by atoms with Crippen LogP contribution in [-0.2, 0) is 26.2 Å². The Morgan fingerprint density at radius 3 is 2.15 bits per heavy atom. The van der Waals surface area contributed by atoms with Gasteiger partial charge in [0.05, 0.1) is 11.9 Å². The summed E-state index contributed by atoms with van der Waals surface area (Å²) in [5.74, 6) is -0.990. The standard InChI is InChI=1S/C24H31BrFN3O4S/c1-17(2)27-24(31)18(3)28(16-19-7-9-20(25)10-8-19)23(30)6-5-15-29(34(4,32)33)22-13-11-21(26)12-14-22/h7-14,17-18H,5-6,15-16H2,1-4H3,(H,27,31). The smallest absolute Gasteiger partial charge is 0.242 e. The summed E-state index contributed by atoms with van der Waals surface area (Å²) < 4.78 is 39.9. The normalized spacial score (nSPS) is 12.3. The minimum absolute atomic E-state index is 0.0447. The Labute approximate surface area is 209 Å². The van der Waals surface area contributed by atoms with E-state index in [2.05, 4.69) is 21.2 Å². The lowest BCUT2D eigenvalue weighted by molar-refractivity contribution is -0.140. The van der Waals surface area contributed by atoms with Crippen LogP contribution in [0, 0.1) is 5.82 Å². The number of nitrogens with one attached hydrogen (secondary N) is 1. The number of benzene rings is 2. The van der Waals surface area contributed by atoms with Crippen LogP contribution in [0.2, 0.25) is 0 Å². The fraction of sp³-hybridized carbons (Fsp3) is 0.417. The van der Waals surface area contributed by atoms with E-state index in [1.807, 2.05) is 38.1 Å². The van der Waals surface area contributed by atoms with Gasteiger partial charge in [-0.15, -0.1) is 0 Å². The molecule has 2 aromatic carbocycles. The quantitative estimate of drug-likeness (QED) is 0.452. The molecule has 2 rings (SSSR count). The maximum absolute atomic E-state index is 13.3. The van der Waals surface area contributed by atoms with Crippen LogP contribution in [0.1, 0.15) is 39.2 Å². The van der Waals surface area contributed by atoms with Crippen molar-refractivity contribution < 1.29 is 22.4 Å². The van der Waals surface area contributed by atoms with Gasteiger partial charge < -0.3 is 10.2 Å². The first-order chi connectivity index (χ1) is 15.9. The highest BCUT2D eigenvalue weighted by molar-refractivity contribution is 9.10. The Hall–Kier alpha value is -2.46. The van der Waals surface area contributed by atoms with Gasteiger partial charge in [-0.2, -0.15) is 0 Å². The molecule has 0 radical (unpaired) electrons. The van der Waals surface area contributed by atoms with E-state index in [4.69, 9.17) is 0 Å². The molecule has 0 saturated heterocycles. The Bertz CT molecular complexity index is 1080. The Kier molecular flexibility index (Phi) is 10.1. The fourth-order valence-corrected chi connectivity index (χ4v) is 4.62. The number of hydrogen-bond acceptors (Lipinski definition) is 4. The molecule has 10 heteroatoms. The summed E-state index contributed by atoms with van der Waals surface area (Å²) in [7, 11) is -3.63. The lowest BCUT2D eigenvalue weighted by atomic mass is 10.1. The maximum atomic E-state index is 13.3. The van der Waals surface area contributed by atoms with Crippen LogP contribution in [-0.4, -0.2) is 50.0 Å². The number of carbonyl (C=O) groups excluding carboxylic acids is 2. The van der Waals surface area contributed by atoms with Crippen molar-refractivity contribution in [2.75, 3.05) is 17.1 Å². The molecule has 0 heterocycles. The number of amides is 2. The van der Waals surface area contributed by atoms with Gasteiger partial charge in [0.1, 0.15) is 11.9 Å². The molecule has 0 aliphatic rings. The molecule has 0 spiro atoms. The minimum atomic E-state index is -3.63. The Morgan fingerprint density at radius 1 is 1.03 bits per heavy atom. The molecular weight excluding hydrogens is 525 g/mol. The average Bonchev–Trinajstić information content (AvgIpc) is 2.75. The van der Waals surface area contributed by atoms with Gasteiger partial charge in [-0.3, -0.25) is 13.9 Å². The van der Waals surface area contributed by atoms with E-state index in [9.17, 15) is 22.4 Å². The third kappa shape index (κ3) is 8.39. The monoisotopic (exact) mass is 555 g/mol. The first-order valence-electron chi connectivity index (χ1n) is 11.0. The van der Waals surface area contributed by atoms with Crippen LogP contribution >= 0.6 is 15.9 Å². The summed E-state index contributed by atoms with van der Waals surface area (Å²) in [5.41, 5.74) is 1.19. The molecule has 0 aromatic heterocycles. The highest BCUT2D eigenvalue weighted by Gasteiger charge is 2.27. The predicted octanol–water partition coefficient (Wildman–Crippen LogP) is 4.08. The molecule has 34 heavy (non-hydrogen) atoms. The molecule has 0 bridgehead atoms. The number of hydrogen-bond donors (Lipinski definition) is 1. The maximum Gasteiger partial charge on any atom is 0.242 e. The molecule has 0 aliphatic heterocycles. The number of halogens is 2. The summed E-state index contributed by atoms with van der Waals surface area (Å²) in [4.78, 5) is 27.3. The average molecular weight is 556 g/mol. The van der Waals surface area contributed by atoms with Crippen molar-refractivity contribution in [1.82, 2.24) is 10.2 Å². The van der Waals surface area contributed by atoms with Gasteiger partial charge in [-0.1, -0.05) is 28.1 Å². The van der Waals surface area contributed by atoms with Gasteiger partial charge in [-0.05, 0) is 69.2 Å². The third-order valence-electron chi connectivity index (χ3n) is 5.13. The molecule has 186 valence electrons.